The number of carbonyl (C=O) groups is 1. The number of methoxy groups -OCH3 is 2. The minimum Gasteiger partial charge on any atom is -0.493 e. The summed E-state index contributed by atoms with van der Waals surface area (Å²) in [5, 5.41) is 0.730. The van der Waals surface area contributed by atoms with Crippen LogP contribution in [0, 0.1) is 0 Å². The van der Waals surface area contributed by atoms with E-state index >= 15 is 0 Å². The molecule has 0 unspecified atom stereocenters. The number of hydrogen-bond donors (Lipinski definition) is 0. The van der Waals surface area contributed by atoms with E-state index in [4.69, 9.17) is 14.2 Å². The van der Waals surface area contributed by atoms with E-state index in [-0.39, 0.29) is 18.2 Å². The summed E-state index contributed by atoms with van der Waals surface area (Å²) in [5.41, 5.74) is 0.959. The Balaban J connectivity index is 1.51. The number of thioether (sulfide) groups is 1. The zero-order valence-electron chi connectivity index (χ0n) is 16.0. The molecule has 0 bridgehead atoms. The summed E-state index contributed by atoms with van der Waals surface area (Å²) in [6, 6.07) is 7.54. The molecule has 0 radical (unpaired) electrons. The van der Waals surface area contributed by atoms with E-state index < -0.39 is 0 Å². The van der Waals surface area contributed by atoms with Crippen LogP contribution in [0.4, 0.5) is 10.6 Å². The van der Waals surface area contributed by atoms with Crippen molar-refractivity contribution in [3.05, 3.63) is 36.0 Å². The number of ether oxygens (including phenoxy) is 3. The first-order valence-electron chi connectivity index (χ1n) is 8.93. The van der Waals surface area contributed by atoms with Crippen molar-refractivity contribution in [1.29, 1.82) is 0 Å². The Labute approximate surface area is 167 Å². The standard InChI is InChI=1S/C19H22N4O4S/c1-25-14-5-4-12(8-15(14)26-2)9-23-13-10-22(11-16(13)27-19(23)24)17-6-7-20-18(21-17)28-3/h4-8,13,16H,9-11H2,1-3H3/t13-,16+/m1/s1. The zero-order valence-corrected chi connectivity index (χ0v) is 16.8. The fraction of sp³-hybridized carbons (Fsp3) is 0.421. The largest absolute Gasteiger partial charge is 0.493 e. The highest BCUT2D eigenvalue weighted by molar-refractivity contribution is 7.98. The molecule has 1 amide bonds. The van der Waals surface area contributed by atoms with Crippen molar-refractivity contribution >= 4 is 23.7 Å². The second-order valence-corrected chi connectivity index (χ2v) is 7.39. The van der Waals surface area contributed by atoms with Crippen LogP contribution in [0.25, 0.3) is 0 Å². The predicted octanol–water partition coefficient (Wildman–Crippen LogP) is 2.43. The molecule has 2 aliphatic rings. The maximum absolute atomic E-state index is 12.4. The Bertz CT molecular complexity index is 881. The molecule has 28 heavy (non-hydrogen) atoms. The Kier molecular flexibility index (Phi) is 5.17. The van der Waals surface area contributed by atoms with Crippen molar-refractivity contribution in [2.45, 2.75) is 23.8 Å². The first-order chi connectivity index (χ1) is 13.6. The normalized spacial score (nSPS) is 20.9. The molecule has 148 valence electrons. The fourth-order valence-corrected chi connectivity index (χ4v) is 4.01. The Morgan fingerprint density at radius 2 is 2.04 bits per heavy atom. The summed E-state index contributed by atoms with van der Waals surface area (Å²) >= 11 is 1.51. The summed E-state index contributed by atoms with van der Waals surface area (Å²) in [6.45, 7) is 1.76. The molecular weight excluding hydrogens is 380 g/mol. The van der Waals surface area contributed by atoms with Crippen LogP contribution < -0.4 is 14.4 Å². The van der Waals surface area contributed by atoms with Gasteiger partial charge < -0.3 is 19.1 Å². The third kappa shape index (κ3) is 3.42. The van der Waals surface area contributed by atoms with Crippen LogP contribution in [0.5, 0.6) is 11.5 Å². The number of benzene rings is 1. The Morgan fingerprint density at radius 3 is 2.79 bits per heavy atom. The van der Waals surface area contributed by atoms with Crippen molar-refractivity contribution < 1.29 is 19.0 Å². The van der Waals surface area contributed by atoms with Gasteiger partial charge >= 0.3 is 6.09 Å². The lowest BCUT2D eigenvalue weighted by atomic mass is 10.1. The van der Waals surface area contributed by atoms with E-state index in [0.29, 0.717) is 31.1 Å². The number of anilines is 1. The van der Waals surface area contributed by atoms with Crippen molar-refractivity contribution in [2.24, 2.45) is 0 Å². The van der Waals surface area contributed by atoms with Gasteiger partial charge in [0.05, 0.1) is 26.8 Å². The predicted molar refractivity (Wildman–Crippen MR) is 105 cm³/mol. The summed E-state index contributed by atoms with van der Waals surface area (Å²) in [7, 11) is 3.20. The highest BCUT2D eigenvalue weighted by Gasteiger charge is 2.48. The molecule has 0 saturated carbocycles. The first-order valence-corrected chi connectivity index (χ1v) is 10.2. The fourth-order valence-electron chi connectivity index (χ4n) is 3.66. The van der Waals surface area contributed by atoms with Crippen molar-refractivity contribution in [1.82, 2.24) is 14.9 Å². The zero-order chi connectivity index (χ0) is 19.7. The molecule has 1 aromatic heterocycles. The van der Waals surface area contributed by atoms with Crippen LogP contribution in [-0.2, 0) is 11.3 Å². The molecule has 9 heteroatoms. The van der Waals surface area contributed by atoms with Gasteiger partial charge in [0.1, 0.15) is 11.9 Å². The van der Waals surface area contributed by atoms with Gasteiger partial charge in [-0.15, -0.1) is 0 Å². The minimum atomic E-state index is -0.281. The van der Waals surface area contributed by atoms with Crippen molar-refractivity contribution in [2.75, 3.05) is 38.5 Å². The lowest BCUT2D eigenvalue weighted by Crippen LogP contribution is -2.37. The van der Waals surface area contributed by atoms with Crippen molar-refractivity contribution in [3.8, 4) is 11.5 Å². The highest BCUT2D eigenvalue weighted by atomic mass is 32.2. The van der Waals surface area contributed by atoms with Gasteiger partial charge in [-0.1, -0.05) is 17.8 Å². The second kappa shape index (κ2) is 7.75. The van der Waals surface area contributed by atoms with Gasteiger partial charge in [-0.3, -0.25) is 4.90 Å². The number of fused-ring (bicyclic) bond motifs is 1. The van der Waals surface area contributed by atoms with Crippen molar-refractivity contribution in [3.63, 3.8) is 0 Å². The molecule has 1 aromatic carbocycles. The van der Waals surface area contributed by atoms with Gasteiger partial charge in [-0.05, 0) is 30.0 Å². The number of aromatic nitrogens is 2. The number of amides is 1. The third-order valence-electron chi connectivity index (χ3n) is 5.05. The van der Waals surface area contributed by atoms with Crippen LogP contribution in [-0.4, -0.2) is 66.7 Å². The van der Waals surface area contributed by atoms with Crippen LogP contribution in [0.3, 0.4) is 0 Å². The summed E-state index contributed by atoms with van der Waals surface area (Å²) in [5.74, 6) is 2.16. The summed E-state index contributed by atoms with van der Waals surface area (Å²) in [6.07, 6.45) is 3.26. The van der Waals surface area contributed by atoms with Crippen LogP contribution in [0.2, 0.25) is 0 Å². The topological polar surface area (TPSA) is 77.0 Å². The molecule has 0 aliphatic carbocycles. The van der Waals surface area contributed by atoms with Gasteiger partial charge in [0.25, 0.3) is 0 Å². The third-order valence-corrected chi connectivity index (χ3v) is 5.61. The monoisotopic (exact) mass is 402 g/mol. The van der Waals surface area contributed by atoms with Gasteiger partial charge in [-0.2, -0.15) is 0 Å². The number of carbonyl (C=O) groups excluding carboxylic acids is 1. The lowest BCUT2D eigenvalue weighted by molar-refractivity contribution is 0.135. The van der Waals surface area contributed by atoms with Gasteiger partial charge in [0, 0.05) is 19.3 Å². The van der Waals surface area contributed by atoms with E-state index in [0.717, 1.165) is 16.5 Å². The summed E-state index contributed by atoms with van der Waals surface area (Å²) in [4.78, 5) is 25.1. The molecule has 2 saturated heterocycles. The molecule has 4 rings (SSSR count). The van der Waals surface area contributed by atoms with Crippen LogP contribution in [0.15, 0.2) is 35.6 Å². The van der Waals surface area contributed by atoms with E-state index in [2.05, 4.69) is 14.9 Å². The molecule has 8 nitrogen and oxygen atoms in total. The molecular formula is C19H22N4O4S. The van der Waals surface area contributed by atoms with Crippen LogP contribution in [0.1, 0.15) is 5.56 Å². The Hall–Kier alpha value is -2.68. The molecule has 0 spiro atoms. The lowest BCUT2D eigenvalue weighted by Gasteiger charge is -2.23. The molecule has 2 aromatic rings. The molecule has 2 fully saturated rings. The van der Waals surface area contributed by atoms with Gasteiger partial charge in [0.15, 0.2) is 16.7 Å². The average molecular weight is 402 g/mol. The van der Waals surface area contributed by atoms with E-state index in [9.17, 15) is 4.79 Å². The second-order valence-electron chi connectivity index (χ2n) is 6.61. The number of rotatable bonds is 6. The van der Waals surface area contributed by atoms with E-state index in [1.165, 1.54) is 11.8 Å². The SMILES string of the molecule is COc1ccc(CN2C(=O)O[C@H]3CN(c4ccnc(SC)n4)C[C@H]32)cc1OC. The van der Waals surface area contributed by atoms with Crippen LogP contribution >= 0.6 is 11.8 Å². The molecule has 2 atom stereocenters. The molecule has 0 N–H and O–H groups in total. The van der Waals surface area contributed by atoms with Gasteiger partial charge in [-0.25, -0.2) is 14.8 Å². The maximum atomic E-state index is 12.4. The smallest absolute Gasteiger partial charge is 0.410 e. The number of nitrogens with zero attached hydrogens (tertiary/aromatic N) is 4. The molecule has 2 aliphatic heterocycles. The minimum absolute atomic E-state index is 0.0201. The maximum Gasteiger partial charge on any atom is 0.410 e. The quantitative estimate of drug-likeness (QED) is 0.539. The number of hydrogen-bond acceptors (Lipinski definition) is 8. The highest BCUT2D eigenvalue weighted by Crippen LogP contribution is 2.33. The van der Waals surface area contributed by atoms with E-state index in [1.54, 1.807) is 25.3 Å². The Morgan fingerprint density at radius 1 is 1.21 bits per heavy atom. The molecule has 3 heterocycles. The first kappa shape index (κ1) is 18.7. The summed E-state index contributed by atoms with van der Waals surface area (Å²) < 4.78 is 16.3. The van der Waals surface area contributed by atoms with E-state index in [1.807, 2.05) is 30.5 Å². The van der Waals surface area contributed by atoms with Gasteiger partial charge in [0.2, 0.25) is 0 Å². The average Bonchev–Trinajstić information content (AvgIpc) is 3.26.